The first-order chi connectivity index (χ1) is 10.0. The highest BCUT2D eigenvalue weighted by atomic mass is 127. The number of likely N-dealkylation sites (N-methyl/N-ethyl adjacent to an activating group) is 1. The molecule has 7 nitrogen and oxygen atoms in total. The molecule has 0 saturated carbocycles. The van der Waals surface area contributed by atoms with Gasteiger partial charge >= 0.3 is 0 Å². The van der Waals surface area contributed by atoms with Crippen molar-refractivity contribution >= 4 is 50.1 Å². The van der Waals surface area contributed by atoms with Crippen LogP contribution < -0.4 is 10.0 Å². The molecular formula is C13H19IN3O4S+. The Morgan fingerprint density at radius 1 is 1.09 bits per heavy atom. The van der Waals surface area contributed by atoms with Gasteiger partial charge in [-0.05, 0) is 24.3 Å². The van der Waals surface area contributed by atoms with Crippen molar-refractivity contribution in [2.75, 3.05) is 37.4 Å². The third-order valence-electron chi connectivity index (χ3n) is 2.44. The van der Waals surface area contributed by atoms with E-state index in [-0.39, 0.29) is 17.3 Å². The summed E-state index contributed by atoms with van der Waals surface area (Å²) in [4.78, 5) is 22.9. The second kappa shape index (κ2) is 7.38. The lowest BCUT2D eigenvalue weighted by Gasteiger charge is -2.22. The van der Waals surface area contributed by atoms with Gasteiger partial charge in [0, 0.05) is 5.69 Å². The molecule has 22 heavy (non-hydrogen) atoms. The molecule has 9 heteroatoms. The summed E-state index contributed by atoms with van der Waals surface area (Å²) in [5.74, 6) is -0.748. The van der Waals surface area contributed by atoms with Crippen molar-refractivity contribution in [1.82, 2.24) is 4.72 Å². The van der Waals surface area contributed by atoms with Gasteiger partial charge in [-0.1, -0.05) is 22.6 Å². The number of amides is 2. The van der Waals surface area contributed by atoms with E-state index in [1.807, 2.05) is 27.3 Å². The number of benzene rings is 1. The SMILES string of the molecule is C[N+](C)(C)CC(=O)NS(=O)(=O)c1ccc(NC(=O)CI)cc1. The van der Waals surface area contributed by atoms with Crippen molar-refractivity contribution in [1.29, 1.82) is 0 Å². The molecule has 0 bridgehead atoms. The molecule has 0 heterocycles. The number of nitrogens with one attached hydrogen (secondary N) is 2. The first-order valence-corrected chi connectivity index (χ1v) is 9.36. The summed E-state index contributed by atoms with van der Waals surface area (Å²) in [5.41, 5.74) is 0.498. The standard InChI is InChI=1S/C13H18IN3O4S/c1-17(2,3)9-13(19)16-22(20,21)11-6-4-10(5-7-11)15-12(18)8-14/h4-7H,8-9H2,1-3H3,(H-,15,16,18,19)/p+1. The Morgan fingerprint density at radius 3 is 2.09 bits per heavy atom. The van der Waals surface area contributed by atoms with Crippen LogP contribution >= 0.6 is 22.6 Å². The third-order valence-corrected chi connectivity index (χ3v) is 4.52. The molecular weight excluding hydrogens is 421 g/mol. The number of anilines is 1. The van der Waals surface area contributed by atoms with Crippen molar-refractivity contribution in [2.45, 2.75) is 4.90 Å². The highest BCUT2D eigenvalue weighted by molar-refractivity contribution is 14.1. The summed E-state index contributed by atoms with van der Waals surface area (Å²) in [5, 5.41) is 2.61. The van der Waals surface area contributed by atoms with Crippen LogP contribution in [0.3, 0.4) is 0 Å². The number of nitrogens with zero attached hydrogens (tertiary/aromatic N) is 1. The normalized spacial score (nSPS) is 11.8. The Balaban J connectivity index is 2.81. The monoisotopic (exact) mass is 440 g/mol. The van der Waals surface area contributed by atoms with E-state index in [0.717, 1.165) is 0 Å². The molecule has 0 spiro atoms. The molecule has 1 rings (SSSR count). The van der Waals surface area contributed by atoms with Crippen LogP contribution in [0.15, 0.2) is 29.2 Å². The molecule has 1 aromatic carbocycles. The number of carbonyl (C=O) groups excluding carboxylic acids is 2. The fraction of sp³-hybridized carbons (Fsp3) is 0.385. The average Bonchev–Trinajstić information content (AvgIpc) is 2.36. The van der Waals surface area contributed by atoms with E-state index in [2.05, 4.69) is 5.32 Å². The molecule has 0 aliphatic rings. The second-order valence-electron chi connectivity index (χ2n) is 5.68. The molecule has 0 unspecified atom stereocenters. The molecule has 0 saturated heterocycles. The van der Waals surface area contributed by atoms with Gasteiger partial charge in [0.15, 0.2) is 6.54 Å². The second-order valence-corrected chi connectivity index (χ2v) is 8.13. The van der Waals surface area contributed by atoms with Crippen LogP contribution in [0, 0.1) is 0 Å². The lowest BCUT2D eigenvalue weighted by Crippen LogP contribution is -2.45. The predicted octanol–water partition coefficient (Wildman–Crippen LogP) is 0.571. The number of rotatable bonds is 6. The molecule has 0 fully saturated rings. The maximum absolute atomic E-state index is 12.1. The topological polar surface area (TPSA) is 92.3 Å². The minimum Gasteiger partial charge on any atom is -0.325 e. The van der Waals surface area contributed by atoms with E-state index < -0.39 is 15.9 Å². The molecule has 0 aliphatic carbocycles. The molecule has 122 valence electrons. The van der Waals surface area contributed by atoms with Gasteiger partial charge in [-0.15, -0.1) is 0 Å². The zero-order valence-corrected chi connectivity index (χ0v) is 15.6. The smallest absolute Gasteiger partial charge is 0.288 e. The van der Waals surface area contributed by atoms with Gasteiger partial charge in [0.1, 0.15) is 0 Å². The maximum atomic E-state index is 12.1. The average molecular weight is 440 g/mol. The number of alkyl halides is 1. The van der Waals surface area contributed by atoms with Crippen molar-refractivity contribution in [3.05, 3.63) is 24.3 Å². The molecule has 0 atom stereocenters. The first kappa shape index (κ1) is 18.8. The van der Waals surface area contributed by atoms with Gasteiger partial charge in [-0.3, -0.25) is 9.59 Å². The van der Waals surface area contributed by atoms with Crippen LogP contribution in [-0.4, -0.2) is 56.8 Å². The van der Waals surface area contributed by atoms with Gasteiger partial charge in [0.05, 0.1) is 30.5 Å². The van der Waals surface area contributed by atoms with E-state index in [1.54, 1.807) is 21.1 Å². The van der Waals surface area contributed by atoms with E-state index in [1.165, 1.54) is 24.3 Å². The molecule has 1 aromatic rings. The number of sulfonamides is 1. The quantitative estimate of drug-likeness (QED) is 0.385. The summed E-state index contributed by atoms with van der Waals surface area (Å²) in [6.45, 7) is 0.0447. The number of hydrogen-bond acceptors (Lipinski definition) is 4. The van der Waals surface area contributed by atoms with Crippen molar-refractivity contribution in [3.8, 4) is 0 Å². The van der Waals surface area contributed by atoms with Crippen LogP contribution in [-0.2, 0) is 19.6 Å². The fourth-order valence-electron chi connectivity index (χ4n) is 1.58. The van der Waals surface area contributed by atoms with Gasteiger partial charge in [0.2, 0.25) is 5.91 Å². The maximum Gasteiger partial charge on any atom is 0.288 e. The third kappa shape index (κ3) is 6.28. The van der Waals surface area contributed by atoms with Crippen LogP contribution in [0.4, 0.5) is 5.69 Å². The Morgan fingerprint density at radius 2 is 1.64 bits per heavy atom. The summed E-state index contributed by atoms with van der Waals surface area (Å²) in [6.07, 6.45) is 0. The first-order valence-electron chi connectivity index (χ1n) is 6.35. The molecule has 0 aromatic heterocycles. The van der Waals surface area contributed by atoms with E-state index in [9.17, 15) is 18.0 Å². The summed E-state index contributed by atoms with van der Waals surface area (Å²) >= 11 is 1.93. The fourth-order valence-corrected chi connectivity index (χ4v) is 2.75. The van der Waals surface area contributed by atoms with E-state index in [0.29, 0.717) is 14.6 Å². The Bertz CT molecular complexity index is 651. The van der Waals surface area contributed by atoms with Crippen molar-refractivity contribution in [2.24, 2.45) is 0 Å². The zero-order valence-electron chi connectivity index (χ0n) is 12.6. The lowest BCUT2D eigenvalue weighted by molar-refractivity contribution is -0.862. The van der Waals surface area contributed by atoms with E-state index >= 15 is 0 Å². The Hall–Kier alpha value is -1.20. The van der Waals surface area contributed by atoms with Crippen LogP contribution in [0.25, 0.3) is 0 Å². The van der Waals surface area contributed by atoms with Crippen molar-refractivity contribution in [3.63, 3.8) is 0 Å². The highest BCUT2D eigenvalue weighted by Crippen LogP contribution is 2.14. The number of quaternary nitrogens is 1. The van der Waals surface area contributed by atoms with Crippen LogP contribution in [0.5, 0.6) is 0 Å². The van der Waals surface area contributed by atoms with Gasteiger partial charge in [0.25, 0.3) is 15.9 Å². The molecule has 0 aliphatic heterocycles. The Labute approximate surface area is 143 Å². The zero-order chi connectivity index (χ0) is 17.0. The summed E-state index contributed by atoms with van der Waals surface area (Å²) < 4.78 is 26.8. The predicted molar refractivity (Wildman–Crippen MR) is 92.2 cm³/mol. The van der Waals surface area contributed by atoms with Gasteiger partial charge in [-0.2, -0.15) is 0 Å². The lowest BCUT2D eigenvalue weighted by atomic mass is 10.3. The molecule has 2 amide bonds. The highest BCUT2D eigenvalue weighted by Gasteiger charge is 2.21. The minimum atomic E-state index is -3.91. The molecule has 0 radical (unpaired) electrons. The number of halogens is 1. The van der Waals surface area contributed by atoms with Gasteiger partial charge in [-0.25, -0.2) is 13.1 Å². The van der Waals surface area contributed by atoms with E-state index in [4.69, 9.17) is 0 Å². The Kier molecular flexibility index (Phi) is 6.32. The van der Waals surface area contributed by atoms with Crippen LogP contribution in [0.2, 0.25) is 0 Å². The van der Waals surface area contributed by atoms with Crippen LogP contribution in [0.1, 0.15) is 0 Å². The number of carbonyl (C=O) groups is 2. The number of hydrogen-bond donors (Lipinski definition) is 2. The van der Waals surface area contributed by atoms with Crippen molar-refractivity contribution < 1.29 is 22.5 Å². The largest absolute Gasteiger partial charge is 0.325 e. The van der Waals surface area contributed by atoms with Gasteiger partial charge < -0.3 is 9.80 Å². The molecule has 2 N–H and O–H groups in total. The minimum absolute atomic E-state index is 0.0327. The summed E-state index contributed by atoms with van der Waals surface area (Å²) in [7, 11) is 1.46. The summed E-state index contributed by atoms with van der Waals surface area (Å²) in [6, 6.07) is 5.63.